The molecule has 0 radical (unpaired) electrons. The highest BCUT2D eigenvalue weighted by Crippen LogP contribution is 2.30. The van der Waals surface area contributed by atoms with E-state index in [1.165, 1.54) is 55.5 Å². The van der Waals surface area contributed by atoms with Gasteiger partial charge < -0.3 is 16.4 Å². The molecular formula is C19H17N5O6. The van der Waals surface area contributed by atoms with Crippen LogP contribution in [-0.2, 0) is 15.1 Å². The van der Waals surface area contributed by atoms with Crippen molar-refractivity contribution in [1.29, 1.82) is 0 Å². The van der Waals surface area contributed by atoms with Crippen LogP contribution in [0.5, 0.6) is 0 Å². The number of nitrogens with zero attached hydrogens (tertiary/aromatic N) is 2. The third-order valence-corrected chi connectivity index (χ3v) is 4.69. The predicted molar refractivity (Wildman–Crippen MR) is 104 cm³/mol. The first-order valence-electron chi connectivity index (χ1n) is 8.70. The van der Waals surface area contributed by atoms with Crippen molar-refractivity contribution < 1.29 is 24.1 Å². The Morgan fingerprint density at radius 1 is 1.13 bits per heavy atom. The summed E-state index contributed by atoms with van der Waals surface area (Å²) in [4.78, 5) is 59.5. The van der Waals surface area contributed by atoms with Gasteiger partial charge in [0.1, 0.15) is 12.1 Å². The SMILES string of the molecule is C[C@@]1(c2ccc([N+](=O)[O-])cc2)NC(=O)N(CC(=O)Nc2ccc(C(N)=O)cc2)C1=O. The quantitative estimate of drug-likeness (QED) is 0.366. The average molecular weight is 411 g/mol. The van der Waals surface area contributed by atoms with Crippen LogP contribution in [0, 0.1) is 10.1 Å². The summed E-state index contributed by atoms with van der Waals surface area (Å²) in [5, 5.41) is 15.8. The Morgan fingerprint density at radius 3 is 2.27 bits per heavy atom. The zero-order chi connectivity index (χ0) is 22.1. The number of amides is 5. The van der Waals surface area contributed by atoms with Gasteiger partial charge in [-0.25, -0.2) is 4.79 Å². The standard InChI is InChI=1S/C19H17N5O6/c1-19(12-4-8-14(9-5-12)24(29)30)17(27)23(18(28)22-19)10-15(25)21-13-6-2-11(3-7-13)16(20)26/h2-9H,10H2,1H3,(H2,20,26)(H,21,25)(H,22,28)/t19-/m0/s1. The first-order valence-corrected chi connectivity index (χ1v) is 8.70. The number of imide groups is 1. The number of nitrogens with two attached hydrogens (primary N) is 1. The molecule has 5 amide bonds. The molecule has 1 aliphatic heterocycles. The third-order valence-electron chi connectivity index (χ3n) is 4.69. The highest BCUT2D eigenvalue weighted by molar-refractivity contribution is 6.10. The minimum atomic E-state index is -1.46. The highest BCUT2D eigenvalue weighted by atomic mass is 16.6. The molecule has 3 rings (SSSR count). The lowest BCUT2D eigenvalue weighted by molar-refractivity contribution is -0.384. The fourth-order valence-electron chi connectivity index (χ4n) is 3.01. The van der Waals surface area contributed by atoms with Crippen LogP contribution in [0.4, 0.5) is 16.2 Å². The molecule has 1 saturated heterocycles. The number of rotatable bonds is 6. The molecule has 0 bridgehead atoms. The van der Waals surface area contributed by atoms with Gasteiger partial charge in [-0.05, 0) is 48.9 Å². The highest BCUT2D eigenvalue weighted by Gasteiger charge is 2.49. The van der Waals surface area contributed by atoms with Crippen LogP contribution in [0.3, 0.4) is 0 Å². The molecule has 1 fully saturated rings. The molecule has 0 saturated carbocycles. The third kappa shape index (κ3) is 3.81. The Bertz CT molecular complexity index is 1050. The second-order valence-electron chi connectivity index (χ2n) is 6.74. The number of nitrogens with one attached hydrogen (secondary N) is 2. The van der Waals surface area contributed by atoms with Gasteiger partial charge in [0.2, 0.25) is 11.8 Å². The zero-order valence-corrected chi connectivity index (χ0v) is 15.7. The predicted octanol–water partition coefficient (Wildman–Crippen LogP) is 1.10. The van der Waals surface area contributed by atoms with Crippen LogP contribution in [0.1, 0.15) is 22.8 Å². The number of carbonyl (C=O) groups excluding carboxylic acids is 4. The van der Waals surface area contributed by atoms with Crippen molar-refractivity contribution in [2.75, 3.05) is 11.9 Å². The number of primary amides is 1. The number of benzene rings is 2. The maximum atomic E-state index is 12.8. The molecule has 2 aromatic carbocycles. The minimum Gasteiger partial charge on any atom is -0.366 e. The lowest BCUT2D eigenvalue weighted by Gasteiger charge is -2.22. The normalized spacial score (nSPS) is 18.1. The molecule has 1 heterocycles. The van der Waals surface area contributed by atoms with Crippen molar-refractivity contribution in [3.63, 3.8) is 0 Å². The summed E-state index contributed by atoms with van der Waals surface area (Å²) in [6.07, 6.45) is 0. The average Bonchev–Trinajstić information content (AvgIpc) is 2.92. The number of carbonyl (C=O) groups is 4. The zero-order valence-electron chi connectivity index (χ0n) is 15.7. The van der Waals surface area contributed by atoms with Crippen molar-refractivity contribution in [1.82, 2.24) is 10.2 Å². The van der Waals surface area contributed by atoms with Crippen molar-refractivity contribution in [2.24, 2.45) is 5.73 Å². The lowest BCUT2D eigenvalue weighted by atomic mass is 9.92. The topological polar surface area (TPSA) is 165 Å². The first kappa shape index (κ1) is 20.5. The Hall–Kier alpha value is -4.28. The van der Waals surface area contributed by atoms with Crippen LogP contribution >= 0.6 is 0 Å². The van der Waals surface area contributed by atoms with E-state index in [9.17, 15) is 29.3 Å². The summed E-state index contributed by atoms with van der Waals surface area (Å²) < 4.78 is 0. The van der Waals surface area contributed by atoms with Gasteiger partial charge in [0.25, 0.3) is 11.6 Å². The van der Waals surface area contributed by atoms with Crippen LogP contribution in [0.2, 0.25) is 0 Å². The van der Waals surface area contributed by atoms with Gasteiger partial charge in [-0.2, -0.15) is 0 Å². The summed E-state index contributed by atoms with van der Waals surface area (Å²) in [7, 11) is 0. The van der Waals surface area contributed by atoms with Crippen LogP contribution in [0.15, 0.2) is 48.5 Å². The van der Waals surface area contributed by atoms with Crippen molar-refractivity contribution >= 4 is 35.1 Å². The van der Waals surface area contributed by atoms with E-state index >= 15 is 0 Å². The van der Waals surface area contributed by atoms with E-state index in [0.29, 0.717) is 11.3 Å². The van der Waals surface area contributed by atoms with Crippen molar-refractivity contribution in [3.05, 3.63) is 69.8 Å². The smallest absolute Gasteiger partial charge is 0.325 e. The van der Waals surface area contributed by atoms with E-state index in [0.717, 1.165) is 4.90 Å². The maximum Gasteiger partial charge on any atom is 0.325 e. The number of hydrogen-bond acceptors (Lipinski definition) is 6. The summed E-state index contributed by atoms with van der Waals surface area (Å²) >= 11 is 0. The molecule has 11 nitrogen and oxygen atoms in total. The molecule has 0 spiro atoms. The summed E-state index contributed by atoms with van der Waals surface area (Å²) in [6, 6.07) is 10.2. The van der Waals surface area contributed by atoms with E-state index < -0.39 is 40.8 Å². The van der Waals surface area contributed by atoms with Crippen molar-refractivity contribution in [3.8, 4) is 0 Å². The monoisotopic (exact) mass is 411 g/mol. The molecule has 0 aliphatic carbocycles. The second-order valence-corrected chi connectivity index (χ2v) is 6.74. The molecular weight excluding hydrogens is 394 g/mol. The Labute approximate surface area is 170 Å². The largest absolute Gasteiger partial charge is 0.366 e. The van der Waals surface area contributed by atoms with Gasteiger partial charge in [-0.15, -0.1) is 0 Å². The fraction of sp³-hybridized carbons (Fsp3) is 0.158. The number of non-ortho nitro benzene ring substituents is 1. The number of urea groups is 1. The molecule has 11 heteroatoms. The number of hydrogen-bond donors (Lipinski definition) is 3. The van der Waals surface area contributed by atoms with Gasteiger partial charge >= 0.3 is 6.03 Å². The van der Waals surface area contributed by atoms with Gasteiger partial charge in [0.05, 0.1) is 4.92 Å². The van der Waals surface area contributed by atoms with Gasteiger partial charge in [-0.1, -0.05) is 0 Å². The maximum absolute atomic E-state index is 12.8. The summed E-state index contributed by atoms with van der Waals surface area (Å²) in [5.41, 5.74) is 4.50. The van der Waals surface area contributed by atoms with Crippen LogP contribution in [-0.4, -0.2) is 40.1 Å². The van der Waals surface area contributed by atoms with Crippen LogP contribution in [0.25, 0.3) is 0 Å². The minimum absolute atomic E-state index is 0.155. The molecule has 0 aromatic heterocycles. The molecule has 1 atom stereocenters. The number of nitro groups is 1. The van der Waals surface area contributed by atoms with Gasteiger partial charge in [0, 0.05) is 23.4 Å². The van der Waals surface area contributed by atoms with E-state index in [1.807, 2.05) is 0 Å². The Kier molecular flexibility index (Phi) is 5.20. The van der Waals surface area contributed by atoms with Gasteiger partial charge in [0.15, 0.2) is 0 Å². The van der Waals surface area contributed by atoms with Crippen LogP contribution < -0.4 is 16.4 Å². The van der Waals surface area contributed by atoms with E-state index in [2.05, 4.69) is 10.6 Å². The lowest BCUT2D eigenvalue weighted by Crippen LogP contribution is -2.42. The van der Waals surface area contributed by atoms with E-state index in [-0.39, 0.29) is 11.3 Å². The number of nitro benzene ring substituents is 1. The Morgan fingerprint density at radius 2 is 1.73 bits per heavy atom. The molecule has 4 N–H and O–H groups in total. The molecule has 2 aromatic rings. The van der Waals surface area contributed by atoms with E-state index in [4.69, 9.17) is 5.73 Å². The molecule has 30 heavy (non-hydrogen) atoms. The number of anilines is 1. The summed E-state index contributed by atoms with van der Waals surface area (Å²) in [5.74, 6) is -1.91. The fourth-order valence-corrected chi connectivity index (χ4v) is 3.01. The van der Waals surface area contributed by atoms with Crippen molar-refractivity contribution in [2.45, 2.75) is 12.5 Å². The Balaban J connectivity index is 1.71. The summed E-state index contributed by atoms with van der Waals surface area (Å²) in [6.45, 7) is 0.916. The van der Waals surface area contributed by atoms with E-state index in [1.54, 1.807) is 0 Å². The second kappa shape index (κ2) is 7.62. The first-order chi connectivity index (χ1) is 14.1. The molecule has 0 unspecified atom stereocenters. The molecule has 154 valence electrons. The van der Waals surface area contributed by atoms with Gasteiger partial charge in [-0.3, -0.25) is 29.4 Å². The molecule has 1 aliphatic rings.